The predicted octanol–water partition coefficient (Wildman–Crippen LogP) is 3.60. The molecule has 0 unspecified atom stereocenters. The fraction of sp³-hybridized carbons (Fsp3) is 0.381. The highest BCUT2D eigenvalue weighted by Crippen LogP contribution is 2.22. The molecule has 2 aromatic heterocycles. The first-order valence-corrected chi connectivity index (χ1v) is 9.06. The van der Waals surface area contributed by atoms with Crippen molar-refractivity contribution in [3.8, 4) is 5.69 Å². The Labute approximate surface area is 159 Å². The van der Waals surface area contributed by atoms with Gasteiger partial charge in [0.15, 0.2) is 0 Å². The van der Waals surface area contributed by atoms with E-state index >= 15 is 0 Å². The van der Waals surface area contributed by atoms with Crippen molar-refractivity contribution >= 4 is 5.91 Å². The Morgan fingerprint density at radius 1 is 1.07 bits per heavy atom. The highest BCUT2D eigenvalue weighted by molar-refractivity contribution is 5.79. The normalized spacial score (nSPS) is 11.0. The fourth-order valence-electron chi connectivity index (χ4n) is 3.31. The molecule has 2 heterocycles. The molecule has 3 aromatic rings. The maximum absolute atomic E-state index is 12.7. The first-order chi connectivity index (χ1) is 12.8. The third-order valence-electron chi connectivity index (χ3n) is 5.12. The van der Waals surface area contributed by atoms with Crippen molar-refractivity contribution in [2.75, 3.05) is 7.05 Å². The van der Waals surface area contributed by atoms with E-state index in [-0.39, 0.29) is 5.91 Å². The van der Waals surface area contributed by atoms with Gasteiger partial charge in [0, 0.05) is 30.4 Å². The van der Waals surface area contributed by atoms with E-state index in [1.54, 1.807) is 4.90 Å². The lowest BCUT2D eigenvalue weighted by molar-refractivity contribution is -0.129. The largest absolute Gasteiger partial charge is 0.361 e. The molecule has 6 nitrogen and oxygen atoms in total. The number of carbonyl (C=O) groups excluding carboxylic acids is 1. The van der Waals surface area contributed by atoms with Crippen molar-refractivity contribution in [1.29, 1.82) is 0 Å². The Morgan fingerprint density at radius 2 is 1.78 bits per heavy atom. The quantitative estimate of drug-likeness (QED) is 0.692. The number of aromatic nitrogens is 3. The Morgan fingerprint density at radius 3 is 2.41 bits per heavy atom. The van der Waals surface area contributed by atoms with Crippen molar-refractivity contribution in [1.82, 2.24) is 19.8 Å². The minimum absolute atomic E-state index is 0.0341. The zero-order valence-corrected chi connectivity index (χ0v) is 16.8. The minimum Gasteiger partial charge on any atom is -0.361 e. The molecular formula is C21H26N4O2. The summed E-state index contributed by atoms with van der Waals surface area (Å²) < 4.78 is 7.13. The molecule has 0 radical (unpaired) electrons. The number of hydrogen-bond acceptors (Lipinski definition) is 4. The molecule has 3 rings (SSSR count). The van der Waals surface area contributed by atoms with E-state index in [1.807, 2.05) is 51.6 Å². The number of rotatable bonds is 5. The van der Waals surface area contributed by atoms with E-state index in [0.717, 1.165) is 39.5 Å². The molecule has 0 saturated carbocycles. The van der Waals surface area contributed by atoms with Crippen molar-refractivity contribution < 1.29 is 9.32 Å². The van der Waals surface area contributed by atoms with Gasteiger partial charge in [-0.2, -0.15) is 5.10 Å². The SMILES string of the molecule is Cc1ccccc1-n1nc(C)c(CN(C)C(=O)Cc2c(C)noc2C)c1C. The summed E-state index contributed by atoms with van der Waals surface area (Å²) >= 11 is 0. The van der Waals surface area contributed by atoms with E-state index in [4.69, 9.17) is 9.62 Å². The van der Waals surface area contributed by atoms with Crippen molar-refractivity contribution in [3.05, 3.63) is 63.8 Å². The minimum atomic E-state index is 0.0341. The zero-order valence-electron chi connectivity index (χ0n) is 16.8. The van der Waals surface area contributed by atoms with Crippen molar-refractivity contribution in [3.63, 3.8) is 0 Å². The molecule has 0 bridgehead atoms. The first kappa shape index (κ1) is 18.9. The van der Waals surface area contributed by atoms with Gasteiger partial charge in [0.1, 0.15) is 5.76 Å². The molecule has 0 aliphatic carbocycles. The number of nitrogens with zero attached hydrogens (tertiary/aromatic N) is 4. The second kappa shape index (κ2) is 7.39. The average molecular weight is 366 g/mol. The third-order valence-corrected chi connectivity index (χ3v) is 5.12. The van der Waals surface area contributed by atoms with Gasteiger partial charge in [-0.1, -0.05) is 23.4 Å². The van der Waals surface area contributed by atoms with Gasteiger partial charge in [0.25, 0.3) is 0 Å². The Hall–Kier alpha value is -2.89. The monoisotopic (exact) mass is 366 g/mol. The molecular weight excluding hydrogens is 340 g/mol. The lowest BCUT2D eigenvalue weighted by Crippen LogP contribution is -2.28. The summed E-state index contributed by atoms with van der Waals surface area (Å²) in [4.78, 5) is 14.4. The van der Waals surface area contributed by atoms with Crippen molar-refractivity contribution in [2.24, 2.45) is 0 Å². The van der Waals surface area contributed by atoms with E-state index < -0.39 is 0 Å². The van der Waals surface area contributed by atoms with Crippen LogP contribution in [-0.2, 0) is 17.8 Å². The Bertz CT molecular complexity index is 965. The summed E-state index contributed by atoms with van der Waals surface area (Å²) in [5.41, 5.74) is 6.94. The second-order valence-corrected chi connectivity index (χ2v) is 7.08. The lowest BCUT2D eigenvalue weighted by Gasteiger charge is -2.18. The molecule has 0 saturated heterocycles. The Balaban J connectivity index is 1.81. The van der Waals surface area contributed by atoms with Crippen LogP contribution in [0.25, 0.3) is 5.69 Å². The van der Waals surface area contributed by atoms with Crippen LogP contribution in [0, 0.1) is 34.6 Å². The number of amides is 1. The number of carbonyl (C=O) groups is 1. The van der Waals surface area contributed by atoms with Gasteiger partial charge in [0.2, 0.25) is 5.91 Å². The summed E-state index contributed by atoms with van der Waals surface area (Å²) in [7, 11) is 1.82. The van der Waals surface area contributed by atoms with E-state index in [1.165, 1.54) is 0 Å². The highest BCUT2D eigenvalue weighted by Gasteiger charge is 2.20. The molecule has 0 N–H and O–H groups in total. The number of para-hydroxylation sites is 1. The number of likely N-dealkylation sites (N-methyl/N-ethyl adjacent to an activating group) is 1. The molecule has 27 heavy (non-hydrogen) atoms. The van der Waals surface area contributed by atoms with Gasteiger partial charge in [0.05, 0.1) is 23.5 Å². The molecule has 142 valence electrons. The molecule has 0 aliphatic heterocycles. The van der Waals surface area contributed by atoms with Gasteiger partial charge in [-0.15, -0.1) is 0 Å². The smallest absolute Gasteiger partial charge is 0.227 e. The molecule has 6 heteroatoms. The number of aryl methyl sites for hydroxylation is 4. The standard InChI is InChI=1S/C21H26N4O2/c1-13-9-7-8-10-20(13)25-16(4)19(14(2)22-25)12-24(6)21(26)11-18-15(3)23-27-17(18)5/h7-10H,11-12H2,1-6H3. The van der Waals surface area contributed by atoms with Crippen LogP contribution < -0.4 is 0 Å². The van der Waals surface area contributed by atoms with Crippen LogP contribution >= 0.6 is 0 Å². The third kappa shape index (κ3) is 3.65. The molecule has 0 spiro atoms. The van der Waals surface area contributed by atoms with Crippen LogP contribution in [-0.4, -0.2) is 32.8 Å². The zero-order chi connectivity index (χ0) is 19.7. The van der Waals surface area contributed by atoms with Crippen LogP contribution in [0.15, 0.2) is 28.8 Å². The van der Waals surface area contributed by atoms with Crippen LogP contribution in [0.5, 0.6) is 0 Å². The van der Waals surface area contributed by atoms with Gasteiger partial charge < -0.3 is 9.42 Å². The van der Waals surface area contributed by atoms with Crippen LogP contribution in [0.3, 0.4) is 0 Å². The van der Waals surface area contributed by atoms with Gasteiger partial charge >= 0.3 is 0 Å². The molecule has 0 aliphatic rings. The topological polar surface area (TPSA) is 64.2 Å². The summed E-state index contributed by atoms with van der Waals surface area (Å²) in [5, 5.41) is 8.64. The molecule has 1 aromatic carbocycles. The molecule has 1 amide bonds. The summed E-state index contributed by atoms with van der Waals surface area (Å²) in [6.45, 7) is 10.3. The lowest BCUT2D eigenvalue weighted by atomic mass is 10.1. The highest BCUT2D eigenvalue weighted by atomic mass is 16.5. The maximum atomic E-state index is 12.7. The number of benzene rings is 1. The van der Waals surface area contributed by atoms with Crippen LogP contribution in [0.1, 0.15) is 39.5 Å². The van der Waals surface area contributed by atoms with Crippen LogP contribution in [0.2, 0.25) is 0 Å². The fourth-order valence-corrected chi connectivity index (χ4v) is 3.31. The van der Waals surface area contributed by atoms with Gasteiger partial charge in [-0.05, 0) is 46.2 Å². The van der Waals surface area contributed by atoms with Gasteiger partial charge in [-0.3, -0.25) is 4.79 Å². The average Bonchev–Trinajstić information content (AvgIpc) is 3.09. The summed E-state index contributed by atoms with van der Waals surface area (Å²) in [5.74, 6) is 0.737. The Kier molecular flexibility index (Phi) is 5.17. The predicted molar refractivity (Wildman–Crippen MR) is 104 cm³/mol. The first-order valence-electron chi connectivity index (χ1n) is 9.06. The maximum Gasteiger partial charge on any atom is 0.227 e. The van der Waals surface area contributed by atoms with Gasteiger partial charge in [-0.25, -0.2) is 4.68 Å². The summed E-state index contributed by atoms with van der Waals surface area (Å²) in [6, 6.07) is 8.17. The number of hydrogen-bond donors (Lipinski definition) is 0. The van der Waals surface area contributed by atoms with E-state index in [2.05, 4.69) is 24.2 Å². The molecule has 0 atom stereocenters. The van der Waals surface area contributed by atoms with E-state index in [9.17, 15) is 4.79 Å². The molecule has 0 fully saturated rings. The second-order valence-electron chi connectivity index (χ2n) is 7.08. The summed E-state index contributed by atoms with van der Waals surface area (Å²) in [6.07, 6.45) is 0.293. The van der Waals surface area contributed by atoms with Crippen molar-refractivity contribution in [2.45, 2.75) is 47.6 Å². The van der Waals surface area contributed by atoms with Crippen LogP contribution in [0.4, 0.5) is 0 Å². The van der Waals surface area contributed by atoms with E-state index in [0.29, 0.717) is 18.7 Å².